The van der Waals surface area contributed by atoms with Crippen LogP contribution in [-0.2, 0) is 6.42 Å². The topological polar surface area (TPSA) is 63.2 Å². The molecule has 1 aliphatic rings. The third-order valence-electron chi connectivity index (χ3n) is 3.23. The Morgan fingerprint density at radius 2 is 2.10 bits per heavy atom. The normalized spacial score (nSPS) is 13.2. The molecule has 1 N–H and O–H groups in total. The standard InChI is InChI=1S/C14H17N5O/c1-3-20-14-17-12(15-2)16-13(18-14)19-9-8-10-6-4-5-7-11(10)19/h4-7H,3,8-9H2,1-2H3,(H,15,16,17,18). The van der Waals surface area contributed by atoms with Crippen molar-refractivity contribution in [3.63, 3.8) is 0 Å². The molecule has 2 aromatic rings. The molecule has 104 valence electrons. The molecule has 0 aliphatic carbocycles. The highest BCUT2D eigenvalue weighted by atomic mass is 16.5. The van der Waals surface area contributed by atoms with E-state index >= 15 is 0 Å². The number of hydrogen-bond acceptors (Lipinski definition) is 6. The van der Waals surface area contributed by atoms with Crippen molar-refractivity contribution in [2.45, 2.75) is 13.3 Å². The van der Waals surface area contributed by atoms with Gasteiger partial charge in [0.25, 0.3) is 0 Å². The summed E-state index contributed by atoms with van der Waals surface area (Å²) in [5, 5.41) is 2.94. The summed E-state index contributed by atoms with van der Waals surface area (Å²) in [6.45, 7) is 3.31. The third-order valence-corrected chi connectivity index (χ3v) is 3.23. The molecule has 0 fully saturated rings. The smallest absolute Gasteiger partial charge is 0.323 e. The number of nitrogens with one attached hydrogen (secondary N) is 1. The molecule has 0 saturated heterocycles. The summed E-state index contributed by atoms with van der Waals surface area (Å²) >= 11 is 0. The number of nitrogens with zero attached hydrogens (tertiary/aromatic N) is 4. The monoisotopic (exact) mass is 271 g/mol. The van der Waals surface area contributed by atoms with Crippen LogP contribution in [0.15, 0.2) is 24.3 Å². The number of aromatic nitrogens is 3. The Labute approximate surface area is 117 Å². The Morgan fingerprint density at radius 1 is 1.25 bits per heavy atom. The molecule has 1 aliphatic heterocycles. The summed E-state index contributed by atoms with van der Waals surface area (Å²) in [7, 11) is 1.78. The minimum atomic E-state index is 0.353. The van der Waals surface area contributed by atoms with Crippen molar-refractivity contribution in [2.24, 2.45) is 0 Å². The van der Waals surface area contributed by atoms with Crippen molar-refractivity contribution >= 4 is 17.6 Å². The summed E-state index contributed by atoms with van der Waals surface area (Å²) in [4.78, 5) is 15.1. The zero-order chi connectivity index (χ0) is 13.9. The average molecular weight is 271 g/mol. The van der Waals surface area contributed by atoms with Gasteiger partial charge in [0.15, 0.2) is 0 Å². The lowest BCUT2D eigenvalue weighted by atomic mass is 10.2. The Bertz CT molecular complexity index is 616. The van der Waals surface area contributed by atoms with Crippen LogP contribution in [0.5, 0.6) is 6.01 Å². The molecule has 0 spiro atoms. The number of anilines is 3. The van der Waals surface area contributed by atoms with Gasteiger partial charge in [-0.2, -0.15) is 15.0 Å². The van der Waals surface area contributed by atoms with Gasteiger partial charge in [0, 0.05) is 19.3 Å². The van der Waals surface area contributed by atoms with Gasteiger partial charge in [-0.25, -0.2) is 0 Å². The van der Waals surface area contributed by atoms with E-state index in [4.69, 9.17) is 4.74 Å². The minimum Gasteiger partial charge on any atom is -0.464 e. The van der Waals surface area contributed by atoms with Gasteiger partial charge in [0.2, 0.25) is 11.9 Å². The highest BCUT2D eigenvalue weighted by Gasteiger charge is 2.23. The molecule has 0 amide bonds. The third kappa shape index (κ3) is 2.24. The quantitative estimate of drug-likeness (QED) is 0.917. The summed E-state index contributed by atoms with van der Waals surface area (Å²) in [6, 6.07) is 8.66. The molecular weight excluding hydrogens is 254 g/mol. The van der Waals surface area contributed by atoms with Crippen LogP contribution < -0.4 is 15.0 Å². The summed E-state index contributed by atoms with van der Waals surface area (Å²) in [5.74, 6) is 1.14. The van der Waals surface area contributed by atoms with Gasteiger partial charge in [-0.3, -0.25) is 0 Å². The zero-order valence-corrected chi connectivity index (χ0v) is 11.6. The Morgan fingerprint density at radius 3 is 2.90 bits per heavy atom. The largest absolute Gasteiger partial charge is 0.464 e. The van der Waals surface area contributed by atoms with E-state index in [1.807, 2.05) is 13.0 Å². The van der Waals surface area contributed by atoms with Crippen LogP contribution in [0.1, 0.15) is 12.5 Å². The van der Waals surface area contributed by atoms with Gasteiger partial charge in [-0.05, 0) is 25.0 Å². The van der Waals surface area contributed by atoms with E-state index in [1.165, 1.54) is 5.56 Å². The molecule has 20 heavy (non-hydrogen) atoms. The van der Waals surface area contributed by atoms with Crippen molar-refractivity contribution < 1.29 is 4.74 Å². The number of ether oxygens (including phenoxy) is 1. The molecular formula is C14H17N5O. The number of rotatable bonds is 4. The molecule has 0 radical (unpaired) electrons. The minimum absolute atomic E-state index is 0.353. The number of fused-ring (bicyclic) bond motifs is 1. The highest BCUT2D eigenvalue weighted by molar-refractivity contribution is 5.66. The van der Waals surface area contributed by atoms with Gasteiger partial charge < -0.3 is 15.0 Å². The van der Waals surface area contributed by atoms with Gasteiger partial charge in [0.05, 0.1) is 6.61 Å². The molecule has 1 aromatic carbocycles. The molecule has 0 unspecified atom stereocenters. The molecule has 6 heteroatoms. The van der Waals surface area contributed by atoms with Crippen molar-refractivity contribution in [1.82, 2.24) is 15.0 Å². The zero-order valence-electron chi connectivity index (χ0n) is 11.6. The van der Waals surface area contributed by atoms with Crippen LogP contribution in [-0.4, -0.2) is 35.2 Å². The van der Waals surface area contributed by atoms with E-state index in [-0.39, 0.29) is 0 Å². The van der Waals surface area contributed by atoms with E-state index < -0.39 is 0 Å². The second-order valence-electron chi connectivity index (χ2n) is 4.45. The van der Waals surface area contributed by atoms with Crippen LogP contribution in [0.25, 0.3) is 0 Å². The van der Waals surface area contributed by atoms with E-state index in [0.717, 1.165) is 18.7 Å². The fourth-order valence-electron chi connectivity index (χ4n) is 2.32. The first kappa shape index (κ1) is 12.7. The van der Waals surface area contributed by atoms with E-state index in [2.05, 4.69) is 43.4 Å². The lowest BCUT2D eigenvalue weighted by Gasteiger charge is -2.18. The highest BCUT2D eigenvalue weighted by Crippen LogP contribution is 2.32. The second-order valence-corrected chi connectivity index (χ2v) is 4.45. The van der Waals surface area contributed by atoms with Crippen LogP contribution in [0, 0.1) is 0 Å². The van der Waals surface area contributed by atoms with Crippen LogP contribution in [0.4, 0.5) is 17.6 Å². The van der Waals surface area contributed by atoms with E-state index in [9.17, 15) is 0 Å². The first-order valence-corrected chi connectivity index (χ1v) is 6.74. The Hall–Kier alpha value is -2.37. The maximum absolute atomic E-state index is 5.41. The van der Waals surface area contributed by atoms with Crippen LogP contribution >= 0.6 is 0 Å². The van der Waals surface area contributed by atoms with E-state index in [1.54, 1.807) is 7.05 Å². The summed E-state index contributed by atoms with van der Waals surface area (Å²) < 4.78 is 5.41. The van der Waals surface area contributed by atoms with Crippen molar-refractivity contribution in [3.8, 4) is 6.01 Å². The van der Waals surface area contributed by atoms with Gasteiger partial charge in [-0.15, -0.1) is 0 Å². The number of hydrogen-bond donors (Lipinski definition) is 1. The fourth-order valence-corrected chi connectivity index (χ4v) is 2.32. The van der Waals surface area contributed by atoms with Crippen molar-refractivity contribution in [2.75, 3.05) is 30.4 Å². The molecule has 3 rings (SSSR count). The number of para-hydroxylation sites is 1. The predicted molar refractivity (Wildman–Crippen MR) is 77.7 cm³/mol. The molecule has 0 saturated carbocycles. The second kappa shape index (κ2) is 5.32. The summed E-state index contributed by atoms with van der Waals surface area (Å²) in [6.07, 6.45) is 1.00. The fraction of sp³-hybridized carbons (Fsp3) is 0.357. The maximum Gasteiger partial charge on any atom is 0.323 e. The summed E-state index contributed by atoms with van der Waals surface area (Å²) in [5.41, 5.74) is 2.47. The Balaban J connectivity index is 2.00. The van der Waals surface area contributed by atoms with Crippen molar-refractivity contribution in [1.29, 1.82) is 0 Å². The first-order valence-electron chi connectivity index (χ1n) is 6.74. The maximum atomic E-state index is 5.41. The molecule has 0 atom stereocenters. The van der Waals surface area contributed by atoms with Crippen LogP contribution in [0.3, 0.4) is 0 Å². The molecule has 1 aromatic heterocycles. The van der Waals surface area contributed by atoms with Gasteiger partial charge >= 0.3 is 6.01 Å². The van der Waals surface area contributed by atoms with Gasteiger partial charge in [-0.1, -0.05) is 18.2 Å². The van der Waals surface area contributed by atoms with Gasteiger partial charge in [0.1, 0.15) is 0 Å². The lowest BCUT2D eigenvalue weighted by Crippen LogP contribution is -2.18. The van der Waals surface area contributed by atoms with Crippen molar-refractivity contribution in [3.05, 3.63) is 29.8 Å². The Kier molecular flexibility index (Phi) is 3.37. The predicted octanol–water partition coefficient (Wildman–Crippen LogP) is 2.01. The van der Waals surface area contributed by atoms with Crippen LogP contribution in [0.2, 0.25) is 0 Å². The number of benzene rings is 1. The first-order chi connectivity index (χ1) is 9.81. The molecule has 2 heterocycles. The SMILES string of the molecule is CCOc1nc(NC)nc(N2CCc3ccccc32)n1. The molecule has 6 nitrogen and oxygen atoms in total. The van der Waals surface area contributed by atoms with E-state index in [0.29, 0.717) is 24.5 Å². The lowest BCUT2D eigenvalue weighted by molar-refractivity contribution is 0.312. The molecule has 0 bridgehead atoms. The average Bonchev–Trinajstić information content (AvgIpc) is 2.91.